The molecule has 0 saturated heterocycles. The first-order valence-electron chi connectivity index (χ1n) is 7.38. The minimum atomic E-state index is -0.927. The van der Waals surface area contributed by atoms with E-state index in [1.165, 1.54) is 11.8 Å². The highest BCUT2D eigenvalue weighted by atomic mass is 16.4. The molecule has 1 aromatic carbocycles. The van der Waals surface area contributed by atoms with Crippen molar-refractivity contribution in [2.75, 3.05) is 25.5 Å². The Morgan fingerprint density at radius 3 is 2.35 bits per heavy atom. The van der Waals surface area contributed by atoms with Gasteiger partial charge in [0.05, 0.1) is 5.92 Å². The summed E-state index contributed by atoms with van der Waals surface area (Å²) in [6.07, 6.45) is 0.647. The predicted molar refractivity (Wildman–Crippen MR) is 87.3 cm³/mol. The molecule has 7 nitrogen and oxygen atoms in total. The molecular formula is C16H23N3O4. The highest BCUT2D eigenvalue weighted by Crippen LogP contribution is 2.09. The van der Waals surface area contributed by atoms with Crippen LogP contribution in [0.25, 0.3) is 0 Å². The van der Waals surface area contributed by atoms with Crippen LogP contribution in [0.1, 0.15) is 19.4 Å². The van der Waals surface area contributed by atoms with Gasteiger partial charge in [0, 0.05) is 32.7 Å². The molecule has 0 fully saturated rings. The van der Waals surface area contributed by atoms with Gasteiger partial charge in [-0.2, -0.15) is 0 Å². The highest BCUT2D eigenvalue weighted by molar-refractivity contribution is 5.88. The number of hydrogen-bond donors (Lipinski definition) is 3. The summed E-state index contributed by atoms with van der Waals surface area (Å²) < 4.78 is 0. The fourth-order valence-corrected chi connectivity index (χ4v) is 1.98. The van der Waals surface area contributed by atoms with Crippen molar-refractivity contribution in [3.63, 3.8) is 0 Å². The first-order chi connectivity index (χ1) is 10.8. The molecule has 3 N–H and O–H groups in total. The van der Waals surface area contributed by atoms with E-state index in [2.05, 4.69) is 10.6 Å². The van der Waals surface area contributed by atoms with Crippen molar-refractivity contribution in [3.05, 3.63) is 29.8 Å². The third kappa shape index (κ3) is 6.82. The molecular weight excluding hydrogens is 298 g/mol. The van der Waals surface area contributed by atoms with Crippen LogP contribution in [0.2, 0.25) is 0 Å². The molecule has 1 unspecified atom stereocenters. The number of amides is 3. The zero-order valence-electron chi connectivity index (χ0n) is 13.6. The second-order valence-corrected chi connectivity index (χ2v) is 5.48. The first kappa shape index (κ1) is 18.5. The summed E-state index contributed by atoms with van der Waals surface area (Å²) in [7, 11) is 1.57. The topological polar surface area (TPSA) is 98.7 Å². The molecule has 0 aliphatic carbocycles. The smallest absolute Gasteiger partial charge is 0.317 e. The van der Waals surface area contributed by atoms with E-state index in [9.17, 15) is 14.4 Å². The van der Waals surface area contributed by atoms with E-state index in [0.717, 1.165) is 11.3 Å². The van der Waals surface area contributed by atoms with Gasteiger partial charge in [-0.1, -0.05) is 19.1 Å². The van der Waals surface area contributed by atoms with Crippen molar-refractivity contribution in [1.29, 1.82) is 0 Å². The minimum absolute atomic E-state index is 0.122. The van der Waals surface area contributed by atoms with E-state index < -0.39 is 11.9 Å². The fourth-order valence-electron chi connectivity index (χ4n) is 1.98. The van der Waals surface area contributed by atoms with Crippen molar-refractivity contribution < 1.29 is 19.5 Å². The van der Waals surface area contributed by atoms with Gasteiger partial charge < -0.3 is 20.6 Å². The first-order valence-corrected chi connectivity index (χ1v) is 7.38. The van der Waals surface area contributed by atoms with Gasteiger partial charge in [-0.25, -0.2) is 4.79 Å². The molecule has 3 amide bonds. The average molecular weight is 321 g/mol. The Balaban J connectivity index is 2.36. The van der Waals surface area contributed by atoms with Crippen molar-refractivity contribution in [2.45, 2.75) is 20.3 Å². The van der Waals surface area contributed by atoms with Crippen molar-refractivity contribution >= 4 is 23.6 Å². The second-order valence-electron chi connectivity index (χ2n) is 5.48. The van der Waals surface area contributed by atoms with Crippen LogP contribution >= 0.6 is 0 Å². The SMILES string of the molecule is CC(=O)Nc1ccc(CCNC(=O)N(C)CC(C)C(=O)O)cc1. The molecule has 126 valence electrons. The number of carboxylic acids is 1. The average Bonchev–Trinajstić information content (AvgIpc) is 2.48. The summed E-state index contributed by atoms with van der Waals surface area (Å²) in [5.74, 6) is -1.65. The van der Waals surface area contributed by atoms with Crippen molar-refractivity contribution in [3.8, 4) is 0 Å². The number of urea groups is 1. The van der Waals surface area contributed by atoms with Crippen molar-refractivity contribution in [2.24, 2.45) is 5.92 Å². The molecule has 0 bridgehead atoms. The third-order valence-corrected chi connectivity index (χ3v) is 3.28. The Morgan fingerprint density at radius 1 is 1.22 bits per heavy atom. The number of nitrogens with zero attached hydrogens (tertiary/aromatic N) is 1. The normalized spacial score (nSPS) is 11.4. The van der Waals surface area contributed by atoms with Crippen LogP contribution in [-0.2, 0) is 16.0 Å². The predicted octanol–water partition coefficient (Wildman–Crippen LogP) is 1.55. The summed E-state index contributed by atoms with van der Waals surface area (Å²) in [5.41, 5.74) is 1.76. The van der Waals surface area contributed by atoms with Gasteiger partial charge in [0.1, 0.15) is 0 Å². The molecule has 1 rings (SSSR count). The van der Waals surface area contributed by atoms with Crippen LogP contribution in [0.5, 0.6) is 0 Å². The number of carboxylic acid groups (broad SMARTS) is 1. The number of carbonyl (C=O) groups excluding carboxylic acids is 2. The number of benzene rings is 1. The maximum Gasteiger partial charge on any atom is 0.317 e. The maximum atomic E-state index is 11.8. The lowest BCUT2D eigenvalue weighted by atomic mass is 10.1. The van der Waals surface area contributed by atoms with E-state index >= 15 is 0 Å². The van der Waals surface area contributed by atoms with Crippen molar-refractivity contribution in [1.82, 2.24) is 10.2 Å². The molecule has 0 heterocycles. The number of aliphatic carboxylic acids is 1. The lowest BCUT2D eigenvalue weighted by Gasteiger charge is -2.20. The standard InChI is InChI=1S/C16H23N3O4/c1-11(15(21)22)10-19(3)16(23)17-9-8-13-4-6-14(7-5-13)18-12(2)20/h4-7,11H,8-10H2,1-3H3,(H,17,23)(H,18,20)(H,21,22). The van der Waals surface area contributed by atoms with Crippen LogP contribution in [0.15, 0.2) is 24.3 Å². The van der Waals surface area contributed by atoms with E-state index in [1.807, 2.05) is 12.1 Å². The van der Waals surface area contributed by atoms with E-state index in [-0.39, 0.29) is 18.5 Å². The molecule has 0 radical (unpaired) electrons. The molecule has 0 saturated carbocycles. The van der Waals surface area contributed by atoms with E-state index in [0.29, 0.717) is 13.0 Å². The number of rotatable bonds is 7. The van der Waals surface area contributed by atoms with Crippen LogP contribution < -0.4 is 10.6 Å². The quantitative estimate of drug-likeness (QED) is 0.709. The summed E-state index contributed by atoms with van der Waals surface area (Å²) in [4.78, 5) is 34.9. The fraction of sp³-hybridized carbons (Fsp3) is 0.438. The van der Waals surface area contributed by atoms with Crippen LogP contribution in [0.4, 0.5) is 10.5 Å². The Morgan fingerprint density at radius 2 is 1.83 bits per heavy atom. The monoisotopic (exact) mass is 321 g/mol. The summed E-state index contributed by atoms with van der Waals surface area (Å²) >= 11 is 0. The molecule has 0 aromatic heterocycles. The van der Waals surface area contributed by atoms with Gasteiger partial charge in [-0.05, 0) is 24.1 Å². The Kier molecular flexibility index (Phi) is 7.05. The summed E-state index contributed by atoms with van der Waals surface area (Å²) in [6.45, 7) is 3.62. The Hall–Kier alpha value is -2.57. The highest BCUT2D eigenvalue weighted by Gasteiger charge is 2.16. The molecule has 1 aromatic rings. The number of anilines is 1. The number of carbonyl (C=O) groups is 3. The molecule has 0 aliphatic heterocycles. The van der Waals surface area contributed by atoms with Gasteiger partial charge in [-0.15, -0.1) is 0 Å². The maximum absolute atomic E-state index is 11.8. The van der Waals surface area contributed by atoms with Crippen LogP contribution in [-0.4, -0.2) is 48.1 Å². The van der Waals surface area contributed by atoms with Gasteiger partial charge in [0.25, 0.3) is 0 Å². The summed E-state index contributed by atoms with van der Waals surface area (Å²) in [6, 6.07) is 7.08. The van der Waals surface area contributed by atoms with Gasteiger partial charge >= 0.3 is 12.0 Å². The number of nitrogens with one attached hydrogen (secondary N) is 2. The minimum Gasteiger partial charge on any atom is -0.481 e. The van der Waals surface area contributed by atoms with Crippen LogP contribution in [0.3, 0.4) is 0 Å². The summed E-state index contributed by atoms with van der Waals surface area (Å²) in [5, 5.41) is 14.3. The number of hydrogen-bond acceptors (Lipinski definition) is 3. The van der Waals surface area contributed by atoms with Gasteiger partial charge in [0.2, 0.25) is 5.91 Å². The second kappa shape index (κ2) is 8.77. The molecule has 1 atom stereocenters. The zero-order chi connectivity index (χ0) is 17.4. The molecule has 23 heavy (non-hydrogen) atoms. The molecule has 0 spiro atoms. The van der Waals surface area contributed by atoms with E-state index in [4.69, 9.17) is 5.11 Å². The van der Waals surface area contributed by atoms with E-state index in [1.54, 1.807) is 26.1 Å². The molecule has 0 aliphatic rings. The Labute approximate surface area is 135 Å². The Bertz CT molecular complexity index is 557. The largest absolute Gasteiger partial charge is 0.481 e. The third-order valence-electron chi connectivity index (χ3n) is 3.28. The zero-order valence-corrected chi connectivity index (χ0v) is 13.6. The molecule has 7 heteroatoms. The van der Waals surface area contributed by atoms with Crippen LogP contribution in [0, 0.1) is 5.92 Å². The van der Waals surface area contributed by atoms with Gasteiger partial charge in [-0.3, -0.25) is 9.59 Å². The lowest BCUT2D eigenvalue weighted by Crippen LogP contribution is -2.41. The van der Waals surface area contributed by atoms with Gasteiger partial charge in [0.15, 0.2) is 0 Å². The lowest BCUT2D eigenvalue weighted by molar-refractivity contribution is -0.141.